The topological polar surface area (TPSA) is 56.1 Å². The first kappa shape index (κ1) is 18.9. The van der Waals surface area contributed by atoms with Crippen LogP contribution in [0.25, 0.3) is 6.08 Å². The zero-order valence-electron chi connectivity index (χ0n) is 14.9. The lowest BCUT2D eigenvalue weighted by atomic mass is 10.0. The van der Waals surface area contributed by atoms with E-state index in [4.69, 9.17) is 11.6 Å². The van der Waals surface area contributed by atoms with Gasteiger partial charge in [-0.1, -0.05) is 11.6 Å². The Morgan fingerprint density at radius 3 is 2.56 bits per heavy atom. The molecule has 0 radical (unpaired) electrons. The standard InChI is InChI=1S/C21H19ClFN3O/c1-14-10-20(26-8-2-3-9-26)19(23)12-15(14)11-16(13-24)21(27)25-18-6-4-17(22)5-7-18/h4-7,10-12H,2-3,8-9H2,1H3,(H,25,27). The summed E-state index contributed by atoms with van der Waals surface area (Å²) in [5.74, 6) is -0.896. The zero-order chi connectivity index (χ0) is 19.4. The van der Waals surface area contributed by atoms with Crippen LogP contribution in [0.5, 0.6) is 0 Å². The maximum absolute atomic E-state index is 14.6. The molecule has 1 amide bonds. The number of nitriles is 1. The molecule has 0 saturated carbocycles. The number of anilines is 2. The van der Waals surface area contributed by atoms with Crippen LogP contribution in [0.2, 0.25) is 5.02 Å². The van der Waals surface area contributed by atoms with Crippen LogP contribution in [0.3, 0.4) is 0 Å². The van der Waals surface area contributed by atoms with E-state index in [-0.39, 0.29) is 11.4 Å². The van der Waals surface area contributed by atoms with Gasteiger partial charge in [-0.25, -0.2) is 4.39 Å². The molecule has 0 bridgehead atoms. The zero-order valence-corrected chi connectivity index (χ0v) is 15.7. The highest BCUT2D eigenvalue weighted by atomic mass is 35.5. The summed E-state index contributed by atoms with van der Waals surface area (Å²) in [4.78, 5) is 14.4. The van der Waals surface area contributed by atoms with Crippen molar-refractivity contribution in [3.05, 3.63) is 63.9 Å². The Bertz CT molecular complexity index is 926. The Morgan fingerprint density at radius 2 is 1.93 bits per heavy atom. The second-order valence-corrected chi connectivity index (χ2v) is 6.92. The fourth-order valence-electron chi connectivity index (χ4n) is 3.07. The first-order chi connectivity index (χ1) is 13.0. The predicted octanol–water partition coefficient (Wildman–Crippen LogP) is 4.93. The molecule has 0 aromatic heterocycles. The van der Waals surface area contributed by atoms with E-state index >= 15 is 0 Å². The molecular weight excluding hydrogens is 365 g/mol. The fourth-order valence-corrected chi connectivity index (χ4v) is 3.20. The van der Waals surface area contributed by atoms with E-state index in [9.17, 15) is 14.4 Å². The molecule has 1 saturated heterocycles. The molecule has 1 heterocycles. The minimum Gasteiger partial charge on any atom is -0.369 e. The molecule has 1 aliphatic heterocycles. The summed E-state index contributed by atoms with van der Waals surface area (Å²) >= 11 is 5.82. The van der Waals surface area contributed by atoms with Gasteiger partial charge < -0.3 is 10.2 Å². The molecule has 1 fully saturated rings. The molecule has 1 aliphatic rings. The average molecular weight is 384 g/mol. The summed E-state index contributed by atoms with van der Waals surface area (Å²) in [6.07, 6.45) is 3.53. The molecule has 27 heavy (non-hydrogen) atoms. The molecule has 2 aromatic rings. The van der Waals surface area contributed by atoms with E-state index in [2.05, 4.69) is 5.32 Å². The lowest BCUT2D eigenvalue weighted by molar-refractivity contribution is -0.112. The third kappa shape index (κ3) is 4.47. The quantitative estimate of drug-likeness (QED) is 0.601. The van der Waals surface area contributed by atoms with Gasteiger partial charge in [-0.05, 0) is 73.4 Å². The summed E-state index contributed by atoms with van der Waals surface area (Å²) in [5.41, 5.74) is 2.33. The van der Waals surface area contributed by atoms with Crippen LogP contribution >= 0.6 is 11.6 Å². The second kappa shape index (κ2) is 8.24. The van der Waals surface area contributed by atoms with Gasteiger partial charge in [0.25, 0.3) is 5.91 Å². The highest BCUT2D eigenvalue weighted by molar-refractivity contribution is 6.30. The lowest BCUT2D eigenvalue weighted by Crippen LogP contribution is -2.19. The summed E-state index contributed by atoms with van der Waals surface area (Å²) in [7, 11) is 0. The second-order valence-electron chi connectivity index (χ2n) is 6.49. The van der Waals surface area contributed by atoms with Crippen LogP contribution in [0.4, 0.5) is 15.8 Å². The van der Waals surface area contributed by atoms with Gasteiger partial charge in [0.05, 0.1) is 5.69 Å². The molecule has 1 N–H and O–H groups in total. The maximum atomic E-state index is 14.6. The van der Waals surface area contributed by atoms with Crippen LogP contribution in [0.15, 0.2) is 42.0 Å². The Kier molecular flexibility index (Phi) is 5.78. The van der Waals surface area contributed by atoms with Crippen molar-refractivity contribution in [2.24, 2.45) is 0 Å². The summed E-state index contributed by atoms with van der Waals surface area (Å²) in [5, 5.41) is 12.6. The van der Waals surface area contributed by atoms with E-state index < -0.39 is 5.91 Å². The van der Waals surface area contributed by atoms with Gasteiger partial charge in [0.15, 0.2) is 0 Å². The fraction of sp³-hybridized carbons (Fsp3) is 0.238. The number of hydrogen-bond donors (Lipinski definition) is 1. The monoisotopic (exact) mass is 383 g/mol. The van der Waals surface area contributed by atoms with Gasteiger partial charge in [0.2, 0.25) is 0 Å². The Balaban J connectivity index is 1.84. The van der Waals surface area contributed by atoms with Crippen molar-refractivity contribution in [3.8, 4) is 6.07 Å². The number of amides is 1. The minimum atomic E-state index is -0.553. The van der Waals surface area contributed by atoms with Crippen LogP contribution in [0.1, 0.15) is 24.0 Å². The van der Waals surface area contributed by atoms with Crippen LogP contribution < -0.4 is 10.2 Å². The minimum absolute atomic E-state index is 0.0960. The van der Waals surface area contributed by atoms with E-state index in [1.165, 1.54) is 12.1 Å². The molecule has 0 atom stereocenters. The van der Waals surface area contributed by atoms with Gasteiger partial charge in [-0.2, -0.15) is 5.26 Å². The van der Waals surface area contributed by atoms with E-state index in [1.54, 1.807) is 30.3 Å². The smallest absolute Gasteiger partial charge is 0.266 e. The van der Waals surface area contributed by atoms with Gasteiger partial charge in [0, 0.05) is 23.8 Å². The normalized spacial score (nSPS) is 14.1. The number of halogens is 2. The summed E-state index contributed by atoms with van der Waals surface area (Å²) in [6.45, 7) is 3.54. The number of hydrogen-bond acceptors (Lipinski definition) is 3. The largest absolute Gasteiger partial charge is 0.369 e. The van der Waals surface area contributed by atoms with Crippen LogP contribution in [0, 0.1) is 24.1 Å². The van der Waals surface area contributed by atoms with Crippen molar-refractivity contribution < 1.29 is 9.18 Å². The number of nitrogens with one attached hydrogen (secondary N) is 1. The van der Waals surface area contributed by atoms with Crippen molar-refractivity contribution >= 4 is 35.0 Å². The third-order valence-electron chi connectivity index (χ3n) is 4.55. The molecule has 2 aromatic carbocycles. The van der Waals surface area contributed by atoms with Crippen molar-refractivity contribution in [2.75, 3.05) is 23.3 Å². The number of rotatable bonds is 4. The molecule has 138 valence electrons. The van der Waals surface area contributed by atoms with Gasteiger partial charge in [-0.15, -0.1) is 0 Å². The number of aryl methyl sites for hydroxylation is 1. The van der Waals surface area contributed by atoms with Crippen molar-refractivity contribution in [2.45, 2.75) is 19.8 Å². The molecule has 0 unspecified atom stereocenters. The number of nitrogens with zero attached hydrogens (tertiary/aromatic N) is 2. The number of carbonyl (C=O) groups excluding carboxylic acids is 1. The van der Waals surface area contributed by atoms with Crippen molar-refractivity contribution in [1.82, 2.24) is 0 Å². The van der Waals surface area contributed by atoms with Crippen LogP contribution in [-0.4, -0.2) is 19.0 Å². The Morgan fingerprint density at radius 1 is 1.26 bits per heavy atom. The average Bonchev–Trinajstić information content (AvgIpc) is 3.18. The van der Waals surface area contributed by atoms with E-state index in [1.807, 2.05) is 17.9 Å². The Hall–Kier alpha value is -2.84. The molecular formula is C21H19ClFN3O. The van der Waals surface area contributed by atoms with Crippen molar-refractivity contribution in [3.63, 3.8) is 0 Å². The molecule has 6 heteroatoms. The molecule has 0 spiro atoms. The summed E-state index contributed by atoms with van der Waals surface area (Å²) < 4.78 is 14.6. The third-order valence-corrected chi connectivity index (χ3v) is 4.80. The van der Waals surface area contributed by atoms with Gasteiger partial charge in [0.1, 0.15) is 17.5 Å². The highest BCUT2D eigenvalue weighted by Crippen LogP contribution is 2.28. The van der Waals surface area contributed by atoms with Gasteiger partial charge in [-0.3, -0.25) is 4.79 Å². The number of carbonyl (C=O) groups is 1. The van der Waals surface area contributed by atoms with Crippen LogP contribution in [-0.2, 0) is 4.79 Å². The molecule has 3 rings (SSSR count). The molecule has 0 aliphatic carbocycles. The van der Waals surface area contributed by atoms with Gasteiger partial charge >= 0.3 is 0 Å². The first-order valence-electron chi connectivity index (χ1n) is 8.72. The van der Waals surface area contributed by atoms with E-state index in [0.29, 0.717) is 22.0 Å². The van der Waals surface area contributed by atoms with Crippen molar-refractivity contribution in [1.29, 1.82) is 5.26 Å². The molecule has 4 nitrogen and oxygen atoms in total. The lowest BCUT2D eigenvalue weighted by Gasteiger charge is -2.19. The summed E-state index contributed by atoms with van der Waals surface area (Å²) in [6, 6.07) is 11.6. The van der Waals surface area contributed by atoms with E-state index in [0.717, 1.165) is 31.5 Å². The Labute approximate surface area is 162 Å². The SMILES string of the molecule is Cc1cc(N2CCCC2)c(F)cc1C=C(C#N)C(=O)Nc1ccc(Cl)cc1. The maximum Gasteiger partial charge on any atom is 0.266 e. The predicted molar refractivity (Wildman–Crippen MR) is 106 cm³/mol. The number of benzene rings is 2. The first-order valence-corrected chi connectivity index (χ1v) is 9.09. The highest BCUT2D eigenvalue weighted by Gasteiger charge is 2.18.